The number of anilines is 2. The Hall–Kier alpha value is -3.84. The summed E-state index contributed by atoms with van der Waals surface area (Å²) in [6.07, 6.45) is 5.70. The van der Waals surface area contributed by atoms with Gasteiger partial charge in [-0.15, -0.1) is 6.58 Å². The van der Waals surface area contributed by atoms with Gasteiger partial charge >= 0.3 is 6.09 Å². The number of amides is 2. The Morgan fingerprint density at radius 3 is 2.39 bits per heavy atom. The molecule has 0 spiro atoms. The van der Waals surface area contributed by atoms with E-state index < -0.39 is 12.1 Å². The van der Waals surface area contributed by atoms with Gasteiger partial charge in [0, 0.05) is 30.9 Å². The number of carbonyl (C=O) groups is 2. The Morgan fingerprint density at radius 2 is 1.69 bits per heavy atom. The molecule has 4 rings (SSSR count). The maximum atomic E-state index is 13.2. The van der Waals surface area contributed by atoms with Crippen LogP contribution in [0.4, 0.5) is 16.2 Å². The molecule has 186 valence electrons. The van der Waals surface area contributed by atoms with E-state index in [1.54, 1.807) is 0 Å². The van der Waals surface area contributed by atoms with Crippen molar-refractivity contribution in [2.24, 2.45) is 0 Å². The van der Waals surface area contributed by atoms with Crippen molar-refractivity contribution in [3.63, 3.8) is 0 Å². The fourth-order valence-corrected chi connectivity index (χ4v) is 3.98. The number of hydrogen-bond donors (Lipinski definition) is 2. The van der Waals surface area contributed by atoms with Crippen LogP contribution < -0.4 is 32.5 Å². The number of fused-ring (bicyclic) bond motifs is 1. The van der Waals surface area contributed by atoms with E-state index in [2.05, 4.69) is 28.2 Å². The highest BCUT2D eigenvalue weighted by molar-refractivity contribution is 5.97. The molecular formula is C29H29BrN3O3-. The number of ether oxygens (including phenoxy) is 1. The molecule has 0 fully saturated rings. The van der Waals surface area contributed by atoms with Crippen molar-refractivity contribution in [3.8, 4) is 0 Å². The second kappa shape index (κ2) is 13.3. The van der Waals surface area contributed by atoms with E-state index in [1.165, 1.54) is 0 Å². The Kier molecular flexibility index (Phi) is 9.89. The summed E-state index contributed by atoms with van der Waals surface area (Å²) in [5.41, 5.74) is 4.58. The van der Waals surface area contributed by atoms with Crippen LogP contribution in [0.3, 0.4) is 0 Å². The van der Waals surface area contributed by atoms with Crippen molar-refractivity contribution in [2.75, 3.05) is 23.3 Å². The first kappa shape index (κ1) is 26.8. The molecule has 0 aromatic heterocycles. The van der Waals surface area contributed by atoms with Crippen LogP contribution in [0.25, 0.3) is 6.08 Å². The first-order chi connectivity index (χ1) is 17.1. The molecule has 0 aliphatic carbocycles. The highest BCUT2D eigenvalue weighted by Crippen LogP contribution is 2.28. The third kappa shape index (κ3) is 7.33. The lowest BCUT2D eigenvalue weighted by atomic mass is 10.0. The summed E-state index contributed by atoms with van der Waals surface area (Å²) in [7, 11) is 0. The minimum absolute atomic E-state index is 0. The van der Waals surface area contributed by atoms with Crippen LogP contribution in [0.1, 0.15) is 16.7 Å². The molecular weight excluding hydrogens is 518 g/mol. The number of alkyl carbamates (subject to hydrolysis) is 1. The average Bonchev–Trinajstić information content (AvgIpc) is 2.88. The van der Waals surface area contributed by atoms with Crippen molar-refractivity contribution in [2.45, 2.75) is 19.1 Å². The number of rotatable bonds is 9. The van der Waals surface area contributed by atoms with Crippen LogP contribution >= 0.6 is 0 Å². The number of hydrogen-bond acceptors (Lipinski definition) is 4. The number of carbonyl (C=O) groups excluding carboxylic acids is 2. The van der Waals surface area contributed by atoms with Crippen molar-refractivity contribution in [3.05, 3.63) is 114 Å². The van der Waals surface area contributed by atoms with Crippen LogP contribution in [0.15, 0.2) is 97.6 Å². The lowest BCUT2D eigenvalue weighted by Crippen LogP contribution is -3.00. The quantitative estimate of drug-likeness (QED) is 0.403. The molecule has 0 unspecified atom stereocenters. The van der Waals surface area contributed by atoms with Gasteiger partial charge in [0.05, 0.1) is 0 Å². The molecule has 1 aliphatic rings. The molecule has 1 heterocycles. The van der Waals surface area contributed by atoms with Gasteiger partial charge in [0.15, 0.2) is 0 Å². The molecule has 1 atom stereocenters. The van der Waals surface area contributed by atoms with Gasteiger partial charge in [0.25, 0.3) is 0 Å². The number of halogens is 1. The van der Waals surface area contributed by atoms with Crippen LogP contribution in [-0.4, -0.2) is 31.1 Å². The van der Waals surface area contributed by atoms with Gasteiger partial charge in [0.1, 0.15) is 12.6 Å². The minimum Gasteiger partial charge on any atom is -1.00 e. The fraction of sp³-hybridized carbons (Fsp3) is 0.172. The predicted octanol–water partition coefficient (Wildman–Crippen LogP) is 2.19. The zero-order chi connectivity index (χ0) is 24.5. The third-order valence-corrected chi connectivity index (χ3v) is 5.71. The van der Waals surface area contributed by atoms with E-state index in [0.29, 0.717) is 12.1 Å². The van der Waals surface area contributed by atoms with Gasteiger partial charge in [-0.3, -0.25) is 4.79 Å². The predicted molar refractivity (Wildman–Crippen MR) is 140 cm³/mol. The van der Waals surface area contributed by atoms with E-state index in [0.717, 1.165) is 35.5 Å². The van der Waals surface area contributed by atoms with Gasteiger partial charge < -0.3 is 37.3 Å². The molecule has 36 heavy (non-hydrogen) atoms. The van der Waals surface area contributed by atoms with Crippen molar-refractivity contribution >= 4 is 29.5 Å². The van der Waals surface area contributed by atoms with Gasteiger partial charge in [-0.2, -0.15) is 0 Å². The molecule has 3 aromatic carbocycles. The lowest BCUT2D eigenvalue weighted by molar-refractivity contribution is -0.118. The van der Waals surface area contributed by atoms with E-state index >= 15 is 0 Å². The monoisotopic (exact) mass is 546 g/mol. The molecule has 0 radical (unpaired) electrons. The maximum absolute atomic E-state index is 13.2. The summed E-state index contributed by atoms with van der Waals surface area (Å²) in [5.74, 6) is -0.312. The van der Waals surface area contributed by atoms with Crippen molar-refractivity contribution < 1.29 is 31.3 Å². The van der Waals surface area contributed by atoms with Crippen LogP contribution in [0.5, 0.6) is 0 Å². The zero-order valence-electron chi connectivity index (χ0n) is 19.9. The fourth-order valence-electron chi connectivity index (χ4n) is 3.98. The SMILES string of the molecule is C=CCN1CC=Cc2cc(NC(=O)[C@H](Cc3ccccc3)NC(=O)OCc3ccccc3)ccc21.[Br-]. The van der Waals surface area contributed by atoms with Crippen molar-refractivity contribution in [1.82, 2.24) is 5.32 Å². The molecule has 0 bridgehead atoms. The first-order valence-electron chi connectivity index (χ1n) is 11.6. The largest absolute Gasteiger partial charge is 1.00 e. The highest BCUT2D eigenvalue weighted by Gasteiger charge is 2.23. The molecule has 6 nitrogen and oxygen atoms in total. The zero-order valence-corrected chi connectivity index (χ0v) is 21.5. The number of benzene rings is 3. The summed E-state index contributed by atoms with van der Waals surface area (Å²) < 4.78 is 5.35. The second-order valence-electron chi connectivity index (χ2n) is 8.31. The van der Waals surface area contributed by atoms with E-state index in [-0.39, 0.29) is 29.5 Å². The highest BCUT2D eigenvalue weighted by atomic mass is 79.9. The summed E-state index contributed by atoms with van der Waals surface area (Å²) in [6, 6.07) is 24.0. The topological polar surface area (TPSA) is 70.7 Å². The molecule has 1 aliphatic heterocycles. The van der Waals surface area contributed by atoms with E-state index in [9.17, 15) is 9.59 Å². The summed E-state index contributed by atoms with van der Waals surface area (Å²) in [4.78, 5) is 28.0. The van der Waals surface area contributed by atoms with Crippen LogP contribution in [0.2, 0.25) is 0 Å². The Labute approximate surface area is 222 Å². The van der Waals surface area contributed by atoms with Crippen LogP contribution in [0, 0.1) is 0 Å². The number of nitrogens with one attached hydrogen (secondary N) is 2. The standard InChI is InChI=1S/C29H29N3O3.BrH/c1-2-17-32-18-9-14-24-20-25(15-16-27(24)32)30-28(33)26(19-22-10-5-3-6-11-22)31-29(34)35-21-23-12-7-4-8-13-23;/h2-16,20,26H,1,17-19,21H2,(H,30,33)(H,31,34);1H/p-1/t26-;/m0./s1. The molecule has 2 amide bonds. The smallest absolute Gasteiger partial charge is 0.408 e. The molecule has 0 saturated carbocycles. The molecule has 3 aromatic rings. The first-order valence-corrected chi connectivity index (χ1v) is 11.6. The number of nitrogens with zero attached hydrogens (tertiary/aromatic N) is 1. The average molecular weight is 547 g/mol. The van der Waals surface area contributed by atoms with Gasteiger partial charge in [0.2, 0.25) is 5.91 Å². The van der Waals surface area contributed by atoms with E-state index in [4.69, 9.17) is 4.74 Å². The summed E-state index contributed by atoms with van der Waals surface area (Å²) >= 11 is 0. The Morgan fingerprint density at radius 1 is 1.00 bits per heavy atom. The van der Waals surface area contributed by atoms with Gasteiger partial charge in [-0.05, 0) is 34.9 Å². The van der Waals surface area contributed by atoms with Gasteiger partial charge in [-0.25, -0.2) is 4.79 Å². The summed E-state index contributed by atoms with van der Waals surface area (Å²) in [5, 5.41) is 5.69. The third-order valence-electron chi connectivity index (χ3n) is 5.71. The minimum atomic E-state index is -0.801. The molecule has 0 saturated heterocycles. The normalized spacial score (nSPS) is 12.5. The Bertz CT molecular complexity index is 1200. The van der Waals surface area contributed by atoms with Gasteiger partial charge in [-0.1, -0.05) is 78.9 Å². The lowest BCUT2D eigenvalue weighted by Gasteiger charge is -2.27. The second-order valence-corrected chi connectivity index (χ2v) is 8.31. The van der Waals surface area contributed by atoms with E-state index in [1.807, 2.05) is 91.0 Å². The Balaban J connectivity index is 0.00000361. The van der Waals surface area contributed by atoms with Crippen LogP contribution in [-0.2, 0) is 22.6 Å². The molecule has 2 N–H and O–H groups in total. The summed E-state index contributed by atoms with van der Waals surface area (Å²) in [6.45, 7) is 5.52. The molecule has 7 heteroatoms. The maximum Gasteiger partial charge on any atom is 0.408 e. The van der Waals surface area contributed by atoms with Crippen molar-refractivity contribution in [1.29, 1.82) is 0 Å².